The number of urea groups is 1. The Morgan fingerprint density at radius 2 is 1.38 bits per heavy atom. The van der Waals surface area contributed by atoms with E-state index < -0.39 is 58.6 Å². The lowest BCUT2D eigenvalue weighted by molar-refractivity contribution is -0.145. The normalized spacial score (nSPS) is 28.8. The van der Waals surface area contributed by atoms with E-state index in [1.54, 1.807) is 4.90 Å². The number of nitrogens with zero attached hydrogens (tertiary/aromatic N) is 1. The van der Waals surface area contributed by atoms with Gasteiger partial charge in [0.1, 0.15) is 18.1 Å². The Balaban J connectivity index is 1.34. The number of Topliss-reactive ketones (excluding diaryl/α,β-unsaturated/α-hetero) is 2. The van der Waals surface area contributed by atoms with Gasteiger partial charge in [-0.15, -0.1) is 0 Å². The number of primary amides is 1. The van der Waals surface area contributed by atoms with E-state index in [0.717, 1.165) is 51.4 Å². The third-order valence-electron chi connectivity index (χ3n) is 11.9. The number of carbonyl (C=O) groups excluding carboxylic acids is 6. The van der Waals surface area contributed by atoms with Crippen LogP contribution in [0.3, 0.4) is 0 Å². The van der Waals surface area contributed by atoms with Crippen molar-refractivity contribution in [1.29, 1.82) is 0 Å². The molecule has 11 heteroatoms. The summed E-state index contributed by atoms with van der Waals surface area (Å²) in [7, 11) is 0. The zero-order valence-electron chi connectivity index (χ0n) is 27.9. The van der Waals surface area contributed by atoms with Crippen LogP contribution in [-0.4, -0.2) is 70.9 Å². The summed E-state index contributed by atoms with van der Waals surface area (Å²) < 4.78 is 0. The molecule has 0 aromatic heterocycles. The van der Waals surface area contributed by atoms with Gasteiger partial charge in [-0.05, 0) is 73.0 Å². The van der Waals surface area contributed by atoms with E-state index in [2.05, 4.69) is 29.8 Å². The summed E-state index contributed by atoms with van der Waals surface area (Å²) in [5.74, 6) is -2.78. The summed E-state index contributed by atoms with van der Waals surface area (Å²) in [5.41, 5.74) is 4.05. The minimum absolute atomic E-state index is 0.0749. The molecule has 5 fully saturated rings. The molecule has 1 saturated heterocycles. The summed E-state index contributed by atoms with van der Waals surface area (Å²) in [6.45, 7) is 12.0. The van der Waals surface area contributed by atoms with Gasteiger partial charge in [-0.2, -0.15) is 0 Å². The monoisotopic (exact) mass is 627 g/mol. The van der Waals surface area contributed by atoms with E-state index in [0.29, 0.717) is 19.4 Å². The molecular weight excluding hydrogens is 574 g/mol. The smallest absolute Gasteiger partial charge is 0.316 e. The first-order chi connectivity index (χ1) is 21.0. The van der Waals surface area contributed by atoms with Gasteiger partial charge in [0.15, 0.2) is 5.78 Å². The van der Waals surface area contributed by atoms with Gasteiger partial charge < -0.3 is 26.6 Å². The molecule has 1 unspecified atom stereocenters. The van der Waals surface area contributed by atoms with E-state index in [4.69, 9.17) is 5.73 Å². The standard InChI is InChI=1S/C34H53N5O6/c1-32(2,3)26(38-31(45)37-23(19-11-8-7-9-12-19)27(41)34(6)15-16-34)30(44)39-17-20-21(33(20,4)5)24(39)29(43)36-22(18-13-10-14-18)25(40)28(35)42/h18-24,26H,7-17H2,1-6H3,(H2,35,42)(H,36,43)(H2,37,38,45)/t20-,21-,22?,23-,24-,26+/m0/s1. The zero-order valence-corrected chi connectivity index (χ0v) is 27.9. The minimum atomic E-state index is -1.08. The Morgan fingerprint density at radius 3 is 1.89 bits per heavy atom. The van der Waals surface area contributed by atoms with Gasteiger partial charge in [0.2, 0.25) is 17.6 Å². The van der Waals surface area contributed by atoms with Crippen molar-refractivity contribution in [3.05, 3.63) is 0 Å². The van der Waals surface area contributed by atoms with Crippen LogP contribution in [0.25, 0.3) is 0 Å². The molecule has 0 aromatic rings. The number of ketones is 2. The van der Waals surface area contributed by atoms with Gasteiger partial charge in [-0.25, -0.2) is 4.79 Å². The average molecular weight is 628 g/mol. The summed E-state index contributed by atoms with van der Waals surface area (Å²) in [4.78, 5) is 81.4. The Bertz CT molecular complexity index is 1240. The third kappa shape index (κ3) is 6.50. The third-order valence-corrected chi connectivity index (χ3v) is 11.9. The lowest BCUT2D eigenvalue weighted by atomic mass is 9.78. The zero-order chi connectivity index (χ0) is 33.1. The maximum Gasteiger partial charge on any atom is 0.316 e. The van der Waals surface area contributed by atoms with Gasteiger partial charge in [0.25, 0.3) is 5.91 Å². The summed E-state index contributed by atoms with van der Waals surface area (Å²) in [5, 5.41) is 8.71. The first kappa shape index (κ1) is 33.4. The molecule has 0 aromatic carbocycles. The fraction of sp³-hybridized carbons (Fsp3) is 0.824. The molecule has 6 atom stereocenters. The number of rotatable bonds is 11. The number of likely N-dealkylation sites (tertiary alicyclic amines) is 1. The molecule has 0 radical (unpaired) electrons. The Kier molecular flexibility index (Phi) is 8.90. The first-order valence-corrected chi connectivity index (χ1v) is 17.0. The summed E-state index contributed by atoms with van der Waals surface area (Å²) >= 11 is 0. The lowest BCUT2D eigenvalue weighted by Crippen LogP contribution is -2.63. The summed E-state index contributed by atoms with van der Waals surface area (Å²) in [6, 6.07) is -3.98. The van der Waals surface area contributed by atoms with Crippen LogP contribution in [0.2, 0.25) is 0 Å². The van der Waals surface area contributed by atoms with E-state index >= 15 is 0 Å². The highest BCUT2D eigenvalue weighted by molar-refractivity contribution is 6.38. The van der Waals surface area contributed by atoms with Crippen LogP contribution in [0, 0.1) is 39.9 Å². The number of hydrogen-bond donors (Lipinski definition) is 4. The number of nitrogens with two attached hydrogens (primary N) is 1. The van der Waals surface area contributed by atoms with Crippen LogP contribution in [-0.2, 0) is 24.0 Å². The molecule has 5 aliphatic rings. The Morgan fingerprint density at radius 1 is 0.800 bits per heavy atom. The molecule has 5 rings (SSSR count). The SMILES string of the molecule is CC1(C(=O)[C@@H](NC(=O)N[C@H](C(=O)N2C[C@H]3[C@@H]([C@H]2C(=O)NC(C(=O)C(N)=O)C2CCC2)C3(C)C)C(C)(C)C)C2CCCCC2)CC1. The fourth-order valence-electron chi connectivity index (χ4n) is 8.18. The van der Waals surface area contributed by atoms with Gasteiger partial charge in [-0.1, -0.05) is 67.2 Å². The molecule has 5 N–H and O–H groups in total. The second-order valence-electron chi connectivity index (χ2n) is 16.5. The number of piperidine rings is 1. The number of carbonyl (C=O) groups is 6. The quantitative estimate of drug-likeness (QED) is 0.257. The molecule has 0 bridgehead atoms. The van der Waals surface area contributed by atoms with Crippen LogP contribution in [0.4, 0.5) is 4.79 Å². The maximum atomic E-state index is 14.3. The first-order valence-electron chi connectivity index (χ1n) is 17.0. The van der Waals surface area contributed by atoms with Gasteiger partial charge in [0.05, 0.1) is 6.04 Å². The fourth-order valence-corrected chi connectivity index (χ4v) is 8.18. The topological polar surface area (TPSA) is 168 Å². The number of hydrogen-bond acceptors (Lipinski definition) is 6. The van der Waals surface area contributed by atoms with Crippen LogP contribution < -0.4 is 21.7 Å². The van der Waals surface area contributed by atoms with Crippen LogP contribution >= 0.6 is 0 Å². The van der Waals surface area contributed by atoms with Gasteiger partial charge in [-0.3, -0.25) is 24.0 Å². The molecule has 250 valence electrons. The van der Waals surface area contributed by atoms with Crippen molar-refractivity contribution in [2.45, 2.75) is 130 Å². The Labute approximate surface area is 266 Å². The van der Waals surface area contributed by atoms with Crippen LogP contribution in [0.5, 0.6) is 0 Å². The van der Waals surface area contributed by atoms with Crippen molar-refractivity contribution in [3.63, 3.8) is 0 Å². The predicted molar refractivity (Wildman–Crippen MR) is 167 cm³/mol. The molecule has 5 amide bonds. The molecule has 11 nitrogen and oxygen atoms in total. The Hall–Kier alpha value is -2.98. The lowest BCUT2D eigenvalue weighted by Gasteiger charge is -2.39. The van der Waals surface area contributed by atoms with Crippen molar-refractivity contribution in [3.8, 4) is 0 Å². The van der Waals surface area contributed by atoms with E-state index in [1.807, 2.05) is 27.7 Å². The number of nitrogens with one attached hydrogen (secondary N) is 3. The van der Waals surface area contributed by atoms with Crippen molar-refractivity contribution < 1.29 is 28.8 Å². The van der Waals surface area contributed by atoms with Crippen molar-refractivity contribution in [2.24, 2.45) is 45.7 Å². The molecular formula is C34H53N5O6. The van der Waals surface area contributed by atoms with Crippen LogP contribution in [0.15, 0.2) is 0 Å². The van der Waals surface area contributed by atoms with E-state index in [-0.39, 0.29) is 40.8 Å². The predicted octanol–water partition coefficient (Wildman–Crippen LogP) is 2.84. The number of fused-ring (bicyclic) bond motifs is 1. The number of amides is 5. The van der Waals surface area contributed by atoms with E-state index in [9.17, 15) is 28.8 Å². The second kappa shape index (κ2) is 12.0. The highest BCUT2D eigenvalue weighted by Gasteiger charge is 2.70. The second-order valence-corrected chi connectivity index (χ2v) is 16.5. The summed E-state index contributed by atoms with van der Waals surface area (Å²) in [6.07, 6.45) is 8.94. The van der Waals surface area contributed by atoms with Crippen molar-refractivity contribution >= 4 is 35.3 Å². The van der Waals surface area contributed by atoms with Gasteiger partial charge in [0, 0.05) is 12.0 Å². The van der Waals surface area contributed by atoms with Crippen molar-refractivity contribution in [1.82, 2.24) is 20.9 Å². The highest BCUT2D eigenvalue weighted by Crippen LogP contribution is 2.65. The van der Waals surface area contributed by atoms with Crippen molar-refractivity contribution in [2.75, 3.05) is 6.54 Å². The average Bonchev–Trinajstić information content (AvgIpc) is 3.73. The molecule has 1 heterocycles. The molecule has 4 saturated carbocycles. The largest absolute Gasteiger partial charge is 0.363 e. The molecule has 45 heavy (non-hydrogen) atoms. The highest BCUT2D eigenvalue weighted by atomic mass is 16.2. The van der Waals surface area contributed by atoms with Gasteiger partial charge >= 0.3 is 6.03 Å². The van der Waals surface area contributed by atoms with Crippen LogP contribution in [0.1, 0.15) is 106 Å². The van der Waals surface area contributed by atoms with E-state index in [1.165, 1.54) is 0 Å². The maximum absolute atomic E-state index is 14.3. The molecule has 0 spiro atoms. The minimum Gasteiger partial charge on any atom is -0.363 e. The molecule has 4 aliphatic carbocycles. The molecule has 1 aliphatic heterocycles.